The molecule has 0 saturated carbocycles. The van der Waals surface area contributed by atoms with Crippen molar-refractivity contribution >= 4 is 80.1 Å². The number of hydrogen-bond acceptors (Lipinski definition) is 3. The zero-order valence-corrected chi connectivity index (χ0v) is 32.6. The zero-order chi connectivity index (χ0) is 37.7. The largest absolute Gasteiger partial charge is 0.310 e. The Balaban J connectivity index is 1.01. The van der Waals surface area contributed by atoms with Crippen molar-refractivity contribution < 1.29 is 0 Å². The Hall–Kier alpha value is -6.78. The van der Waals surface area contributed by atoms with Crippen molar-refractivity contribution in [3.63, 3.8) is 0 Å². The third-order valence-electron chi connectivity index (χ3n) is 11.1. The quantitative estimate of drug-likeness (QED) is 0.156. The molecule has 0 amide bonds. The van der Waals surface area contributed by atoms with E-state index in [0.717, 1.165) is 17.1 Å². The summed E-state index contributed by atoms with van der Waals surface area (Å²) in [6.45, 7) is 0. The predicted octanol–water partition coefficient (Wildman–Crippen LogP) is 16.6. The lowest BCUT2D eigenvalue weighted by Crippen LogP contribution is -2.09. The molecule has 11 aromatic rings. The molecule has 9 aromatic carbocycles. The summed E-state index contributed by atoms with van der Waals surface area (Å²) in [7, 11) is 0. The van der Waals surface area contributed by atoms with E-state index in [-0.39, 0.29) is 0 Å². The maximum absolute atomic E-state index is 2.39. The highest BCUT2D eigenvalue weighted by atomic mass is 32.1. The van der Waals surface area contributed by atoms with E-state index in [2.05, 4.69) is 217 Å². The molecular weight excluding hydrogens is 727 g/mol. The van der Waals surface area contributed by atoms with Crippen LogP contribution in [0, 0.1) is 0 Å². The minimum atomic E-state index is 1.11. The first-order valence-corrected chi connectivity index (χ1v) is 20.9. The minimum Gasteiger partial charge on any atom is -0.310 e. The Kier molecular flexibility index (Phi) is 8.28. The summed E-state index contributed by atoms with van der Waals surface area (Å²) in [6.07, 6.45) is 0. The highest BCUT2D eigenvalue weighted by molar-refractivity contribution is 7.26. The molecule has 0 aliphatic rings. The second kappa shape index (κ2) is 14.1. The molecule has 11 rings (SSSR count). The topological polar surface area (TPSA) is 3.24 Å². The molecule has 2 heterocycles. The Morgan fingerprint density at radius 1 is 0.228 bits per heavy atom. The van der Waals surface area contributed by atoms with Crippen molar-refractivity contribution in [2.45, 2.75) is 0 Å². The number of anilines is 3. The lowest BCUT2D eigenvalue weighted by Gasteiger charge is -2.26. The van der Waals surface area contributed by atoms with E-state index >= 15 is 0 Å². The van der Waals surface area contributed by atoms with Gasteiger partial charge in [0.15, 0.2) is 0 Å². The minimum absolute atomic E-state index is 1.11. The number of rotatable bonds is 7. The van der Waals surface area contributed by atoms with Gasteiger partial charge in [0.2, 0.25) is 0 Å². The molecule has 3 heteroatoms. The molecule has 1 nitrogen and oxygen atoms in total. The fraction of sp³-hybridized carbons (Fsp3) is 0. The molecule has 0 aliphatic heterocycles. The number of benzene rings is 9. The highest BCUT2D eigenvalue weighted by Gasteiger charge is 2.17. The van der Waals surface area contributed by atoms with Gasteiger partial charge in [-0.05, 0) is 123 Å². The molecule has 0 aliphatic carbocycles. The fourth-order valence-electron chi connectivity index (χ4n) is 8.20. The van der Waals surface area contributed by atoms with Crippen molar-refractivity contribution in [1.29, 1.82) is 0 Å². The normalized spacial score (nSPS) is 11.5. The van der Waals surface area contributed by atoms with E-state index in [1.54, 1.807) is 0 Å². The molecule has 0 unspecified atom stereocenters. The molecule has 0 atom stereocenters. The summed E-state index contributed by atoms with van der Waals surface area (Å²) in [6, 6.07) is 77.7. The number of fused-ring (bicyclic) bond motifs is 6. The maximum atomic E-state index is 2.39. The van der Waals surface area contributed by atoms with Gasteiger partial charge in [-0.2, -0.15) is 0 Å². The standard InChI is InChI=1S/C54H35NS2/c1-3-11-36(12-4-1)41-31-42(37-13-5-2-6-14-37)33-43(32-41)39-21-26-45(27-22-39)55(46-28-29-49-47-15-7-9-17-51(47)57-54(49)35-46)44-24-19-38(20-25-44)40-23-30-53-50(34-40)48-16-8-10-18-52(48)56-53/h1-35H. The summed E-state index contributed by atoms with van der Waals surface area (Å²) in [5.41, 5.74) is 13.0. The first-order chi connectivity index (χ1) is 28.2. The van der Waals surface area contributed by atoms with E-state index in [0.29, 0.717) is 0 Å². The maximum Gasteiger partial charge on any atom is 0.0476 e. The highest BCUT2D eigenvalue weighted by Crippen LogP contribution is 2.43. The Labute approximate surface area is 340 Å². The first-order valence-electron chi connectivity index (χ1n) is 19.3. The van der Waals surface area contributed by atoms with Crippen molar-refractivity contribution in [2.24, 2.45) is 0 Å². The number of hydrogen-bond donors (Lipinski definition) is 0. The van der Waals surface area contributed by atoms with E-state index < -0.39 is 0 Å². The van der Waals surface area contributed by atoms with Crippen LogP contribution in [0.4, 0.5) is 17.1 Å². The van der Waals surface area contributed by atoms with Gasteiger partial charge in [-0.25, -0.2) is 0 Å². The van der Waals surface area contributed by atoms with Crippen LogP contribution in [0.2, 0.25) is 0 Å². The van der Waals surface area contributed by atoms with Crippen LogP contribution in [0.25, 0.3) is 84.9 Å². The average Bonchev–Trinajstić information content (AvgIpc) is 3.85. The molecule has 268 valence electrons. The van der Waals surface area contributed by atoms with Gasteiger partial charge in [-0.15, -0.1) is 22.7 Å². The second-order valence-electron chi connectivity index (χ2n) is 14.5. The third kappa shape index (κ3) is 6.18. The van der Waals surface area contributed by atoms with Crippen LogP contribution in [-0.4, -0.2) is 0 Å². The number of nitrogens with zero attached hydrogens (tertiary/aromatic N) is 1. The van der Waals surface area contributed by atoms with E-state index in [1.807, 2.05) is 22.7 Å². The molecule has 2 aromatic heterocycles. The van der Waals surface area contributed by atoms with Gasteiger partial charge in [-0.1, -0.05) is 133 Å². The van der Waals surface area contributed by atoms with E-state index in [1.165, 1.54) is 84.9 Å². The fourth-order valence-corrected chi connectivity index (χ4v) is 10.4. The third-order valence-corrected chi connectivity index (χ3v) is 13.3. The van der Waals surface area contributed by atoms with Crippen molar-refractivity contribution in [3.8, 4) is 44.5 Å². The van der Waals surface area contributed by atoms with Gasteiger partial charge < -0.3 is 4.90 Å². The van der Waals surface area contributed by atoms with E-state index in [4.69, 9.17) is 0 Å². The monoisotopic (exact) mass is 761 g/mol. The zero-order valence-electron chi connectivity index (χ0n) is 31.0. The summed E-state index contributed by atoms with van der Waals surface area (Å²) >= 11 is 3.72. The van der Waals surface area contributed by atoms with Crippen LogP contribution < -0.4 is 4.90 Å². The summed E-state index contributed by atoms with van der Waals surface area (Å²) in [4.78, 5) is 2.39. The molecule has 57 heavy (non-hydrogen) atoms. The molecule has 0 N–H and O–H groups in total. The van der Waals surface area contributed by atoms with Gasteiger partial charge >= 0.3 is 0 Å². The van der Waals surface area contributed by atoms with Gasteiger partial charge in [0.25, 0.3) is 0 Å². The van der Waals surface area contributed by atoms with Crippen LogP contribution in [0.5, 0.6) is 0 Å². The van der Waals surface area contributed by atoms with Gasteiger partial charge in [0, 0.05) is 57.4 Å². The van der Waals surface area contributed by atoms with Crippen molar-refractivity contribution in [1.82, 2.24) is 0 Å². The van der Waals surface area contributed by atoms with Crippen LogP contribution in [0.1, 0.15) is 0 Å². The lowest BCUT2D eigenvalue weighted by molar-refractivity contribution is 1.29. The Bertz CT molecular complexity index is 3150. The van der Waals surface area contributed by atoms with Crippen LogP contribution in [0.15, 0.2) is 212 Å². The predicted molar refractivity (Wildman–Crippen MR) is 249 cm³/mol. The van der Waals surface area contributed by atoms with Gasteiger partial charge in [-0.3, -0.25) is 0 Å². The molecule has 0 bridgehead atoms. The van der Waals surface area contributed by atoms with Gasteiger partial charge in [0.05, 0.1) is 0 Å². The van der Waals surface area contributed by atoms with Crippen LogP contribution in [-0.2, 0) is 0 Å². The van der Waals surface area contributed by atoms with Crippen LogP contribution in [0.3, 0.4) is 0 Å². The summed E-state index contributed by atoms with van der Waals surface area (Å²) in [5, 5.41) is 5.26. The summed E-state index contributed by atoms with van der Waals surface area (Å²) < 4.78 is 5.26. The van der Waals surface area contributed by atoms with Crippen molar-refractivity contribution in [2.75, 3.05) is 4.90 Å². The molecule has 0 radical (unpaired) electrons. The summed E-state index contributed by atoms with van der Waals surface area (Å²) in [5.74, 6) is 0. The lowest BCUT2D eigenvalue weighted by atomic mass is 9.93. The Morgan fingerprint density at radius 2 is 0.632 bits per heavy atom. The SMILES string of the molecule is c1ccc(-c2cc(-c3ccccc3)cc(-c3ccc(N(c4ccc(-c5ccc6sc7ccccc7c6c5)cc4)c4ccc5c(c4)sc4ccccc45)cc3)c2)cc1. The van der Waals surface area contributed by atoms with Crippen LogP contribution >= 0.6 is 22.7 Å². The van der Waals surface area contributed by atoms with E-state index in [9.17, 15) is 0 Å². The second-order valence-corrected chi connectivity index (χ2v) is 16.7. The Morgan fingerprint density at radius 3 is 1.21 bits per heavy atom. The average molecular weight is 762 g/mol. The smallest absolute Gasteiger partial charge is 0.0476 e. The molecular formula is C54H35NS2. The molecule has 0 spiro atoms. The van der Waals surface area contributed by atoms with Gasteiger partial charge in [0.1, 0.15) is 0 Å². The first kappa shape index (κ1) is 33.5. The molecule has 0 saturated heterocycles. The number of thiophene rings is 2. The van der Waals surface area contributed by atoms with Crippen molar-refractivity contribution in [3.05, 3.63) is 212 Å². The molecule has 0 fully saturated rings.